The second-order valence-corrected chi connectivity index (χ2v) is 6.49. The van der Waals surface area contributed by atoms with Crippen LogP contribution in [0.15, 0.2) is 0 Å². The number of hydrogen-bond acceptors (Lipinski definition) is 0. The zero-order valence-electron chi connectivity index (χ0n) is 12.6. The van der Waals surface area contributed by atoms with Crippen molar-refractivity contribution >= 4 is 0 Å². The van der Waals surface area contributed by atoms with Gasteiger partial charge in [-0.15, -0.1) is 0 Å². The predicted octanol–water partition coefficient (Wildman–Crippen LogP) is 4.47. The smallest absolute Gasteiger partial charge is 0.0791 e. The highest BCUT2D eigenvalue weighted by Crippen LogP contribution is 2.22. The topological polar surface area (TPSA) is 0 Å². The molecule has 1 heteroatoms. The van der Waals surface area contributed by atoms with Crippen LogP contribution >= 0.6 is 0 Å². The normalized spacial score (nSPS) is 16.1. The second kappa shape index (κ2) is 7.32. The van der Waals surface area contributed by atoms with Crippen LogP contribution in [0.3, 0.4) is 0 Å². The Kier molecular flexibility index (Phi) is 7.30. The van der Waals surface area contributed by atoms with Crippen LogP contribution in [-0.4, -0.2) is 30.7 Å². The van der Waals surface area contributed by atoms with Crippen molar-refractivity contribution < 1.29 is 4.48 Å². The molecule has 0 heterocycles. The largest absolute Gasteiger partial charge is 0.324 e. The van der Waals surface area contributed by atoms with Crippen LogP contribution in [0.5, 0.6) is 0 Å². The summed E-state index contributed by atoms with van der Waals surface area (Å²) >= 11 is 0. The second-order valence-electron chi connectivity index (χ2n) is 6.49. The lowest BCUT2D eigenvalue weighted by atomic mass is 9.91. The average molecular weight is 228 g/mol. The van der Waals surface area contributed by atoms with Crippen molar-refractivity contribution in [3.63, 3.8) is 0 Å². The molecule has 0 aliphatic heterocycles. The fourth-order valence-corrected chi connectivity index (χ4v) is 2.35. The highest BCUT2D eigenvalue weighted by Gasteiger charge is 2.25. The molecule has 0 amide bonds. The molecule has 0 bridgehead atoms. The number of rotatable bonds is 8. The van der Waals surface area contributed by atoms with E-state index in [0.717, 1.165) is 0 Å². The molecule has 98 valence electrons. The van der Waals surface area contributed by atoms with Crippen molar-refractivity contribution in [1.29, 1.82) is 0 Å². The van der Waals surface area contributed by atoms with Gasteiger partial charge in [-0.25, -0.2) is 0 Å². The van der Waals surface area contributed by atoms with Gasteiger partial charge in [0.15, 0.2) is 0 Å². The van der Waals surface area contributed by atoms with E-state index in [9.17, 15) is 0 Å². The monoisotopic (exact) mass is 228 g/mol. The average Bonchev–Trinajstić information content (AvgIpc) is 2.21. The molecule has 0 aliphatic carbocycles. The third-order valence-electron chi connectivity index (χ3n) is 3.69. The highest BCUT2D eigenvalue weighted by molar-refractivity contribution is 4.61. The van der Waals surface area contributed by atoms with Gasteiger partial charge in [0.1, 0.15) is 0 Å². The minimum absolute atomic E-state index is 0.485. The first-order valence-electron chi connectivity index (χ1n) is 7.24. The summed E-state index contributed by atoms with van der Waals surface area (Å²) in [5.41, 5.74) is 0.485. The fourth-order valence-electron chi connectivity index (χ4n) is 2.35. The maximum Gasteiger partial charge on any atom is 0.0791 e. The fraction of sp³-hybridized carbons (Fsp3) is 1.00. The van der Waals surface area contributed by atoms with Gasteiger partial charge in [0.05, 0.1) is 26.2 Å². The van der Waals surface area contributed by atoms with Crippen LogP contribution in [-0.2, 0) is 0 Å². The van der Waals surface area contributed by atoms with Crippen molar-refractivity contribution in [2.24, 2.45) is 5.41 Å². The van der Waals surface area contributed by atoms with E-state index in [1.54, 1.807) is 0 Å². The van der Waals surface area contributed by atoms with E-state index < -0.39 is 0 Å². The maximum absolute atomic E-state index is 2.37. The summed E-state index contributed by atoms with van der Waals surface area (Å²) in [6.45, 7) is 19.5. The zero-order valence-corrected chi connectivity index (χ0v) is 12.6. The lowest BCUT2D eigenvalue weighted by molar-refractivity contribution is -0.927. The third kappa shape index (κ3) is 6.52. The molecule has 0 aromatic rings. The Morgan fingerprint density at radius 1 is 0.812 bits per heavy atom. The van der Waals surface area contributed by atoms with Crippen LogP contribution in [0, 0.1) is 5.41 Å². The van der Waals surface area contributed by atoms with Gasteiger partial charge in [0.2, 0.25) is 0 Å². The number of unbranched alkanes of at least 4 members (excludes halogenated alkanes) is 1. The Balaban J connectivity index is 4.37. The van der Waals surface area contributed by atoms with Crippen molar-refractivity contribution in [3.05, 3.63) is 0 Å². The minimum atomic E-state index is 0.485. The van der Waals surface area contributed by atoms with E-state index in [1.165, 1.54) is 56.3 Å². The molecule has 16 heavy (non-hydrogen) atoms. The van der Waals surface area contributed by atoms with E-state index >= 15 is 0 Å². The van der Waals surface area contributed by atoms with Crippen LogP contribution in [0.2, 0.25) is 0 Å². The zero-order chi connectivity index (χ0) is 12.7. The molecular formula is C15H34N+. The van der Waals surface area contributed by atoms with Gasteiger partial charge in [-0.05, 0) is 25.2 Å². The molecule has 0 radical (unpaired) electrons. The molecule has 1 atom stereocenters. The number of nitrogens with zero attached hydrogens (tertiary/aromatic N) is 1. The van der Waals surface area contributed by atoms with E-state index in [0.29, 0.717) is 5.41 Å². The molecule has 0 fully saturated rings. The van der Waals surface area contributed by atoms with Crippen LogP contribution in [0.1, 0.15) is 67.2 Å². The third-order valence-corrected chi connectivity index (χ3v) is 3.69. The molecule has 0 aromatic heterocycles. The highest BCUT2D eigenvalue weighted by atomic mass is 15.3. The molecule has 0 saturated heterocycles. The van der Waals surface area contributed by atoms with Gasteiger partial charge in [-0.2, -0.15) is 0 Å². The lowest BCUT2D eigenvalue weighted by Gasteiger charge is -2.39. The first-order chi connectivity index (χ1) is 7.39. The summed E-state index contributed by atoms with van der Waals surface area (Å²) in [6, 6.07) is 0. The van der Waals surface area contributed by atoms with E-state index in [4.69, 9.17) is 0 Å². The van der Waals surface area contributed by atoms with Gasteiger partial charge in [-0.3, -0.25) is 0 Å². The molecule has 1 unspecified atom stereocenters. The molecule has 0 spiro atoms. The summed E-state index contributed by atoms with van der Waals surface area (Å²) < 4.78 is 1.35. The summed E-state index contributed by atoms with van der Waals surface area (Å²) in [6.07, 6.45) is 5.39. The Hall–Kier alpha value is -0.0400. The molecule has 0 saturated carbocycles. The van der Waals surface area contributed by atoms with Gasteiger partial charge < -0.3 is 4.48 Å². The summed E-state index contributed by atoms with van der Waals surface area (Å²) in [7, 11) is 0. The van der Waals surface area contributed by atoms with Gasteiger partial charge in [-0.1, -0.05) is 41.0 Å². The quantitative estimate of drug-likeness (QED) is 0.538. The molecule has 0 N–H and O–H groups in total. The van der Waals surface area contributed by atoms with E-state index in [-0.39, 0.29) is 0 Å². The summed E-state index contributed by atoms with van der Waals surface area (Å²) in [4.78, 5) is 0. The predicted molar refractivity (Wildman–Crippen MR) is 74.7 cm³/mol. The van der Waals surface area contributed by atoms with Crippen LogP contribution < -0.4 is 0 Å². The van der Waals surface area contributed by atoms with E-state index in [2.05, 4.69) is 41.5 Å². The van der Waals surface area contributed by atoms with E-state index in [1.807, 2.05) is 0 Å². The standard InChI is InChI=1S/C15H34N/c1-7-10-13-16(9-3,12-8-2)14-11-15(4,5)6/h7-14H2,1-6H3/q+1. The Labute approximate surface area is 104 Å². The minimum Gasteiger partial charge on any atom is -0.324 e. The van der Waals surface area contributed by atoms with Crippen molar-refractivity contribution in [2.45, 2.75) is 67.2 Å². The molecule has 1 nitrogen and oxygen atoms in total. The van der Waals surface area contributed by atoms with Crippen molar-refractivity contribution in [1.82, 2.24) is 0 Å². The summed E-state index contributed by atoms with van der Waals surface area (Å²) in [5, 5.41) is 0. The maximum atomic E-state index is 2.37. The van der Waals surface area contributed by atoms with Gasteiger partial charge in [0.25, 0.3) is 0 Å². The first-order valence-corrected chi connectivity index (χ1v) is 7.24. The summed E-state index contributed by atoms with van der Waals surface area (Å²) in [5.74, 6) is 0. The lowest BCUT2D eigenvalue weighted by Crippen LogP contribution is -2.50. The first kappa shape index (κ1) is 16.0. The van der Waals surface area contributed by atoms with Crippen molar-refractivity contribution in [3.8, 4) is 0 Å². The Bertz CT molecular complexity index is 169. The number of quaternary nitrogens is 1. The van der Waals surface area contributed by atoms with Gasteiger partial charge >= 0.3 is 0 Å². The van der Waals surface area contributed by atoms with Gasteiger partial charge in [0, 0.05) is 6.42 Å². The molecule has 0 rings (SSSR count). The molecule has 0 aliphatic rings. The molecule has 0 aromatic carbocycles. The Morgan fingerprint density at radius 2 is 1.44 bits per heavy atom. The Morgan fingerprint density at radius 3 is 1.81 bits per heavy atom. The van der Waals surface area contributed by atoms with Crippen LogP contribution in [0.4, 0.5) is 0 Å². The van der Waals surface area contributed by atoms with Crippen LogP contribution in [0.25, 0.3) is 0 Å². The van der Waals surface area contributed by atoms with Crippen molar-refractivity contribution in [2.75, 3.05) is 26.2 Å². The number of hydrogen-bond donors (Lipinski definition) is 0. The SMILES string of the molecule is CCCC[N+](CC)(CCC)CCC(C)(C)C. The molecular weight excluding hydrogens is 194 g/mol.